The fourth-order valence-electron chi connectivity index (χ4n) is 4.77. The van der Waals surface area contributed by atoms with E-state index in [1.165, 1.54) is 6.07 Å². The molecule has 4 aromatic rings. The van der Waals surface area contributed by atoms with Gasteiger partial charge in [-0.25, -0.2) is 8.42 Å². The van der Waals surface area contributed by atoms with Crippen LogP contribution in [0.25, 0.3) is 10.9 Å². The molecule has 39 heavy (non-hydrogen) atoms. The molecule has 0 unspecified atom stereocenters. The lowest BCUT2D eigenvalue weighted by atomic mass is 10.1. The van der Waals surface area contributed by atoms with Gasteiger partial charge in [0.25, 0.3) is 15.9 Å². The number of aromatic nitrogens is 1. The van der Waals surface area contributed by atoms with Gasteiger partial charge in [-0.1, -0.05) is 36.4 Å². The highest BCUT2D eigenvalue weighted by atomic mass is 32.2. The second-order valence-electron chi connectivity index (χ2n) is 9.90. The highest BCUT2D eigenvalue weighted by molar-refractivity contribution is 7.93. The van der Waals surface area contributed by atoms with Gasteiger partial charge in [0.2, 0.25) is 0 Å². The van der Waals surface area contributed by atoms with E-state index in [9.17, 15) is 13.2 Å². The summed E-state index contributed by atoms with van der Waals surface area (Å²) >= 11 is 0. The molecule has 0 spiro atoms. The molecule has 0 radical (unpaired) electrons. The molecule has 202 valence electrons. The summed E-state index contributed by atoms with van der Waals surface area (Å²) < 4.78 is 34.8. The van der Waals surface area contributed by atoms with Gasteiger partial charge in [0, 0.05) is 48.0 Å². The maximum atomic E-state index is 13.3. The van der Waals surface area contributed by atoms with Crippen LogP contribution >= 0.6 is 0 Å². The van der Waals surface area contributed by atoms with E-state index in [1.807, 2.05) is 49.1 Å². The molecule has 0 bridgehead atoms. The van der Waals surface area contributed by atoms with Gasteiger partial charge in [-0.2, -0.15) is 0 Å². The zero-order valence-electron chi connectivity index (χ0n) is 22.1. The second kappa shape index (κ2) is 11.4. The highest BCUT2D eigenvalue weighted by Gasteiger charge is 2.24. The number of nitrogens with zero attached hydrogens (tertiary/aromatic N) is 3. The molecule has 1 fully saturated rings. The maximum Gasteiger partial charge on any atom is 0.264 e. The Balaban J connectivity index is 1.25. The minimum Gasteiger partial charge on any atom is -0.491 e. The summed E-state index contributed by atoms with van der Waals surface area (Å²) in [6.45, 7) is 6.78. The monoisotopic (exact) mass is 544 g/mol. The predicted molar refractivity (Wildman–Crippen MR) is 152 cm³/mol. The van der Waals surface area contributed by atoms with Crippen molar-refractivity contribution >= 4 is 32.5 Å². The Hall–Kier alpha value is -3.95. The smallest absolute Gasteiger partial charge is 0.264 e. The fraction of sp³-hybridized carbons (Fsp3) is 0.267. The third kappa shape index (κ3) is 6.21. The Bertz CT molecular complexity index is 1570. The molecule has 1 aliphatic rings. The van der Waals surface area contributed by atoms with E-state index in [-0.39, 0.29) is 16.9 Å². The van der Waals surface area contributed by atoms with Crippen molar-refractivity contribution in [3.63, 3.8) is 0 Å². The van der Waals surface area contributed by atoms with Gasteiger partial charge >= 0.3 is 0 Å². The Labute approximate surface area is 229 Å². The quantitative estimate of drug-likeness (QED) is 0.331. The first-order valence-electron chi connectivity index (χ1n) is 13.0. The summed E-state index contributed by atoms with van der Waals surface area (Å²) in [5.41, 5.74) is 2.39. The van der Waals surface area contributed by atoms with Crippen molar-refractivity contribution in [3.05, 3.63) is 96.2 Å². The second-order valence-corrected chi connectivity index (χ2v) is 11.6. The van der Waals surface area contributed by atoms with Gasteiger partial charge in [-0.05, 0) is 62.7 Å². The molecule has 1 amide bonds. The molecule has 0 saturated carbocycles. The Morgan fingerprint density at radius 2 is 1.74 bits per heavy atom. The van der Waals surface area contributed by atoms with E-state index >= 15 is 0 Å². The number of rotatable bonds is 8. The van der Waals surface area contributed by atoms with Crippen molar-refractivity contribution < 1.29 is 17.9 Å². The van der Waals surface area contributed by atoms with Gasteiger partial charge in [0.05, 0.1) is 18.3 Å². The van der Waals surface area contributed by atoms with Crippen molar-refractivity contribution in [2.45, 2.75) is 37.8 Å². The Morgan fingerprint density at radius 1 is 0.974 bits per heavy atom. The molecule has 1 aromatic heterocycles. The first-order chi connectivity index (χ1) is 18.8. The number of para-hydroxylation sites is 2. The average molecular weight is 545 g/mol. The predicted octanol–water partition coefficient (Wildman–Crippen LogP) is 5.13. The molecule has 0 atom stereocenters. The number of nitrogens with one attached hydrogen (secondary N) is 1. The van der Waals surface area contributed by atoms with E-state index in [2.05, 4.69) is 20.7 Å². The van der Waals surface area contributed by atoms with Crippen LogP contribution in [-0.2, 0) is 16.6 Å². The van der Waals surface area contributed by atoms with Crippen LogP contribution in [0.15, 0.2) is 90.0 Å². The molecular weight excluding hydrogens is 512 g/mol. The van der Waals surface area contributed by atoms with Crippen LogP contribution in [0, 0.1) is 0 Å². The van der Waals surface area contributed by atoms with Gasteiger partial charge in [-0.3, -0.25) is 19.4 Å². The Morgan fingerprint density at radius 3 is 2.54 bits per heavy atom. The van der Waals surface area contributed by atoms with E-state index in [0.717, 1.165) is 29.7 Å². The van der Waals surface area contributed by atoms with Crippen molar-refractivity contribution in [2.24, 2.45) is 0 Å². The normalized spacial score (nSPS) is 14.5. The molecule has 1 N–H and O–H groups in total. The standard InChI is InChI=1S/C30H32N4O4S/c1-22(2)38-27-11-4-3-8-25(27)20-33-18-7-19-34(21-33)30(35)24-13-15-26(16-14-24)32-39(36,37)28-12-5-9-23-10-6-17-31-29(23)28/h3-6,8-17,22,32H,7,18-21H2,1-2H3. The molecule has 5 rings (SSSR count). The van der Waals surface area contributed by atoms with Crippen LogP contribution in [0.2, 0.25) is 0 Å². The fourth-order valence-corrected chi connectivity index (χ4v) is 6.01. The van der Waals surface area contributed by atoms with Crippen LogP contribution in [0.3, 0.4) is 0 Å². The summed E-state index contributed by atoms with van der Waals surface area (Å²) in [7, 11) is -3.87. The first kappa shape index (κ1) is 26.6. The molecule has 8 nitrogen and oxygen atoms in total. The van der Waals surface area contributed by atoms with Gasteiger partial charge in [0.1, 0.15) is 10.6 Å². The third-order valence-corrected chi connectivity index (χ3v) is 7.97. The molecule has 1 aliphatic heterocycles. The number of anilines is 1. The van der Waals surface area contributed by atoms with Crippen LogP contribution in [0.5, 0.6) is 5.75 Å². The molecule has 1 saturated heterocycles. The maximum absolute atomic E-state index is 13.3. The minimum atomic E-state index is -3.87. The third-order valence-electron chi connectivity index (χ3n) is 6.56. The number of hydrogen-bond acceptors (Lipinski definition) is 6. The topological polar surface area (TPSA) is 91.8 Å². The van der Waals surface area contributed by atoms with E-state index < -0.39 is 10.0 Å². The van der Waals surface area contributed by atoms with E-state index in [0.29, 0.717) is 36.5 Å². The molecule has 2 heterocycles. The van der Waals surface area contributed by atoms with Crippen molar-refractivity contribution in [1.82, 2.24) is 14.8 Å². The zero-order valence-corrected chi connectivity index (χ0v) is 22.9. The molecule has 3 aromatic carbocycles. The number of fused-ring (bicyclic) bond motifs is 1. The molecule has 0 aliphatic carbocycles. The molecular formula is C30H32N4O4S. The summed E-state index contributed by atoms with van der Waals surface area (Å²) in [6, 6.07) is 23.2. The number of amides is 1. The Kier molecular flexibility index (Phi) is 7.81. The summed E-state index contributed by atoms with van der Waals surface area (Å²) in [4.78, 5) is 21.7. The van der Waals surface area contributed by atoms with E-state index in [1.54, 1.807) is 42.6 Å². The summed E-state index contributed by atoms with van der Waals surface area (Å²) in [5, 5.41) is 0.743. The largest absolute Gasteiger partial charge is 0.491 e. The average Bonchev–Trinajstić information content (AvgIpc) is 2.93. The minimum absolute atomic E-state index is 0.0842. The van der Waals surface area contributed by atoms with Gasteiger partial charge < -0.3 is 9.64 Å². The lowest BCUT2D eigenvalue weighted by molar-refractivity contribution is 0.0477. The van der Waals surface area contributed by atoms with E-state index in [4.69, 9.17) is 4.74 Å². The SMILES string of the molecule is CC(C)Oc1ccccc1CN1CCCN(C(=O)c2ccc(NS(=O)(=O)c3cccc4cccnc34)cc2)C1. The van der Waals surface area contributed by atoms with Crippen LogP contribution in [0.4, 0.5) is 5.69 Å². The number of pyridine rings is 1. The highest BCUT2D eigenvalue weighted by Crippen LogP contribution is 2.25. The van der Waals surface area contributed by atoms with Crippen LogP contribution in [-0.4, -0.2) is 55.0 Å². The first-order valence-corrected chi connectivity index (χ1v) is 14.5. The van der Waals surface area contributed by atoms with Crippen molar-refractivity contribution in [2.75, 3.05) is 24.5 Å². The van der Waals surface area contributed by atoms with Crippen molar-refractivity contribution in [1.29, 1.82) is 0 Å². The number of benzene rings is 3. The van der Waals surface area contributed by atoms with Gasteiger partial charge in [-0.15, -0.1) is 0 Å². The number of ether oxygens (including phenoxy) is 1. The summed E-state index contributed by atoms with van der Waals surface area (Å²) in [5.74, 6) is 0.785. The number of sulfonamides is 1. The van der Waals surface area contributed by atoms with Crippen molar-refractivity contribution in [3.8, 4) is 5.75 Å². The number of carbonyl (C=O) groups excluding carboxylic acids is 1. The summed E-state index contributed by atoms with van der Waals surface area (Å²) in [6.07, 6.45) is 2.53. The molecule has 9 heteroatoms. The lowest BCUT2D eigenvalue weighted by Crippen LogP contribution is -2.47. The number of carbonyl (C=O) groups is 1. The number of hydrogen-bond donors (Lipinski definition) is 1. The zero-order chi connectivity index (χ0) is 27.4. The van der Waals surface area contributed by atoms with Crippen LogP contribution in [0.1, 0.15) is 36.2 Å². The van der Waals surface area contributed by atoms with Gasteiger partial charge in [0.15, 0.2) is 0 Å². The van der Waals surface area contributed by atoms with Crippen LogP contribution < -0.4 is 9.46 Å². The lowest BCUT2D eigenvalue weighted by Gasteiger charge is -2.36.